The number of nitrogens with one attached hydrogen (secondary N) is 1. The number of carbonyl (C=O) groups excluding carboxylic acids is 1. The van der Waals surface area contributed by atoms with E-state index in [1.807, 2.05) is 31.2 Å². The van der Waals surface area contributed by atoms with Crippen LogP contribution in [0.15, 0.2) is 47.6 Å². The first-order valence-electron chi connectivity index (χ1n) is 8.13. The zero-order valence-electron chi connectivity index (χ0n) is 15.1. The number of rotatable bonds is 5. The van der Waals surface area contributed by atoms with E-state index in [4.69, 9.17) is 21.7 Å². The van der Waals surface area contributed by atoms with E-state index >= 15 is 0 Å². The number of hydrogen-bond donors (Lipinski definition) is 1. The Hall–Kier alpha value is -3.26. The van der Waals surface area contributed by atoms with Crippen molar-refractivity contribution in [3.63, 3.8) is 0 Å². The third-order valence-electron chi connectivity index (χ3n) is 3.72. The fourth-order valence-electron chi connectivity index (χ4n) is 2.42. The second-order valence-corrected chi connectivity index (χ2v) is 6.17. The fourth-order valence-corrected chi connectivity index (χ4v) is 2.60. The van der Waals surface area contributed by atoms with Crippen LogP contribution < -0.4 is 9.47 Å². The van der Waals surface area contributed by atoms with Crippen LogP contribution in [-0.2, 0) is 4.79 Å². The molecule has 3 rings (SSSR count). The largest absolute Gasteiger partial charge is 0.493 e. The Morgan fingerprint density at radius 2 is 1.96 bits per heavy atom. The van der Waals surface area contributed by atoms with Crippen molar-refractivity contribution in [2.24, 2.45) is 5.10 Å². The lowest BCUT2D eigenvalue weighted by molar-refractivity contribution is -0.132. The van der Waals surface area contributed by atoms with E-state index < -0.39 is 5.97 Å². The second-order valence-electron chi connectivity index (χ2n) is 5.78. The van der Waals surface area contributed by atoms with E-state index in [9.17, 15) is 4.79 Å². The van der Waals surface area contributed by atoms with Crippen molar-refractivity contribution < 1.29 is 14.3 Å². The summed E-state index contributed by atoms with van der Waals surface area (Å²) in [5.74, 6) is 0.980. The smallest absolute Gasteiger partial charge is 0.308 e. The summed E-state index contributed by atoms with van der Waals surface area (Å²) in [6.07, 6.45) is 1.63. The highest BCUT2D eigenvalue weighted by molar-refractivity contribution is 7.71. The van der Waals surface area contributed by atoms with Crippen LogP contribution in [0.5, 0.6) is 11.5 Å². The predicted octanol–water partition coefficient (Wildman–Crippen LogP) is 3.73. The number of methoxy groups -OCH3 is 1. The minimum atomic E-state index is -0.415. The summed E-state index contributed by atoms with van der Waals surface area (Å²) in [4.78, 5) is 11.1. The Morgan fingerprint density at radius 3 is 2.63 bits per heavy atom. The molecular weight excluding hydrogens is 364 g/mol. The van der Waals surface area contributed by atoms with E-state index in [2.05, 4.69) is 15.3 Å². The van der Waals surface area contributed by atoms with Crippen molar-refractivity contribution in [1.29, 1.82) is 0 Å². The maximum absolute atomic E-state index is 11.1. The number of aryl methyl sites for hydroxylation is 1. The van der Waals surface area contributed by atoms with Crippen LogP contribution in [0.1, 0.15) is 18.1 Å². The lowest BCUT2D eigenvalue weighted by atomic mass is 10.1. The highest BCUT2D eigenvalue weighted by Gasteiger charge is 2.09. The number of esters is 1. The monoisotopic (exact) mass is 382 g/mol. The average molecular weight is 382 g/mol. The molecule has 0 aliphatic heterocycles. The van der Waals surface area contributed by atoms with E-state index in [-0.39, 0.29) is 0 Å². The Labute approximate surface area is 161 Å². The van der Waals surface area contributed by atoms with Gasteiger partial charge in [-0.05, 0) is 42.9 Å². The summed E-state index contributed by atoms with van der Waals surface area (Å²) in [5.41, 5.74) is 2.80. The highest BCUT2D eigenvalue weighted by Crippen LogP contribution is 2.27. The molecule has 1 heterocycles. The van der Waals surface area contributed by atoms with Gasteiger partial charge in [0.2, 0.25) is 4.77 Å². The molecule has 0 radical (unpaired) electrons. The Bertz CT molecular complexity index is 1050. The molecule has 0 saturated carbocycles. The lowest BCUT2D eigenvalue weighted by Crippen LogP contribution is -2.03. The van der Waals surface area contributed by atoms with Crippen molar-refractivity contribution in [1.82, 2.24) is 14.9 Å². The number of carbonyl (C=O) groups is 1. The van der Waals surface area contributed by atoms with Crippen LogP contribution in [0.2, 0.25) is 0 Å². The van der Waals surface area contributed by atoms with Gasteiger partial charge < -0.3 is 9.47 Å². The van der Waals surface area contributed by atoms with Gasteiger partial charge in [-0.25, -0.2) is 5.10 Å². The van der Waals surface area contributed by atoms with E-state index in [0.717, 1.165) is 16.7 Å². The van der Waals surface area contributed by atoms with Crippen LogP contribution >= 0.6 is 12.2 Å². The molecule has 0 atom stereocenters. The molecule has 0 spiro atoms. The first-order chi connectivity index (χ1) is 13.0. The van der Waals surface area contributed by atoms with E-state index in [0.29, 0.717) is 22.1 Å². The summed E-state index contributed by atoms with van der Waals surface area (Å²) < 4.78 is 12.3. The number of aromatic nitrogens is 3. The first kappa shape index (κ1) is 18.5. The molecule has 0 amide bonds. The first-order valence-corrected chi connectivity index (χ1v) is 8.54. The Morgan fingerprint density at radius 1 is 1.22 bits per heavy atom. The van der Waals surface area contributed by atoms with Gasteiger partial charge in [0.25, 0.3) is 0 Å². The van der Waals surface area contributed by atoms with Gasteiger partial charge in [0.15, 0.2) is 17.3 Å². The normalized spacial score (nSPS) is 10.9. The van der Waals surface area contributed by atoms with Crippen molar-refractivity contribution in [3.05, 3.63) is 58.4 Å². The summed E-state index contributed by atoms with van der Waals surface area (Å²) >= 11 is 5.28. The molecule has 1 aromatic heterocycles. The van der Waals surface area contributed by atoms with Gasteiger partial charge in [-0.2, -0.15) is 14.9 Å². The van der Waals surface area contributed by atoms with Crippen LogP contribution in [0, 0.1) is 11.7 Å². The minimum Gasteiger partial charge on any atom is -0.493 e. The van der Waals surface area contributed by atoms with Crippen LogP contribution in [0.25, 0.3) is 11.4 Å². The van der Waals surface area contributed by atoms with Crippen LogP contribution in [0.4, 0.5) is 0 Å². The number of benzene rings is 2. The molecule has 138 valence electrons. The molecular formula is C19H18N4O3S. The van der Waals surface area contributed by atoms with Crippen molar-refractivity contribution >= 4 is 24.4 Å². The predicted molar refractivity (Wildman–Crippen MR) is 105 cm³/mol. The second kappa shape index (κ2) is 7.96. The SMILES string of the molecule is COc1cc(C=Nn2c(-c3ccc(C)cc3)n[nH]c2=S)ccc1OC(C)=O. The van der Waals surface area contributed by atoms with Gasteiger partial charge in [-0.1, -0.05) is 29.8 Å². The number of H-pyrrole nitrogens is 1. The minimum absolute atomic E-state index is 0.349. The third-order valence-corrected chi connectivity index (χ3v) is 3.99. The molecule has 0 bridgehead atoms. The molecule has 0 fully saturated rings. The van der Waals surface area contributed by atoms with Gasteiger partial charge in [-0.15, -0.1) is 0 Å². The Balaban J connectivity index is 1.93. The third kappa shape index (κ3) is 4.29. The van der Waals surface area contributed by atoms with Crippen molar-refractivity contribution in [3.8, 4) is 22.9 Å². The summed E-state index contributed by atoms with van der Waals surface area (Å²) in [7, 11) is 1.50. The number of hydrogen-bond acceptors (Lipinski definition) is 6. The molecule has 0 unspecified atom stereocenters. The molecule has 2 aromatic carbocycles. The summed E-state index contributed by atoms with van der Waals surface area (Å²) in [5, 5.41) is 11.4. The van der Waals surface area contributed by atoms with Gasteiger partial charge in [-0.3, -0.25) is 4.79 Å². The molecule has 0 aliphatic rings. The topological polar surface area (TPSA) is 81.5 Å². The van der Waals surface area contributed by atoms with Crippen LogP contribution in [0.3, 0.4) is 0 Å². The molecule has 3 aromatic rings. The number of aromatic amines is 1. The van der Waals surface area contributed by atoms with Gasteiger partial charge in [0.1, 0.15) is 0 Å². The van der Waals surface area contributed by atoms with Crippen molar-refractivity contribution in [2.45, 2.75) is 13.8 Å². The lowest BCUT2D eigenvalue weighted by Gasteiger charge is -2.08. The number of nitrogens with zero attached hydrogens (tertiary/aromatic N) is 3. The molecule has 0 saturated heterocycles. The van der Waals surface area contributed by atoms with Gasteiger partial charge >= 0.3 is 5.97 Å². The van der Waals surface area contributed by atoms with E-state index in [1.165, 1.54) is 14.0 Å². The summed E-state index contributed by atoms with van der Waals surface area (Å²) in [6, 6.07) is 13.1. The Kier molecular flexibility index (Phi) is 5.46. The molecule has 1 N–H and O–H groups in total. The number of ether oxygens (including phenoxy) is 2. The molecule has 8 heteroatoms. The maximum Gasteiger partial charge on any atom is 0.308 e. The van der Waals surface area contributed by atoms with Crippen LogP contribution in [-0.4, -0.2) is 34.2 Å². The van der Waals surface area contributed by atoms with Gasteiger partial charge in [0.05, 0.1) is 13.3 Å². The highest BCUT2D eigenvalue weighted by atomic mass is 32.1. The standard InChI is InChI=1S/C19H18N4O3S/c1-12-4-7-15(8-5-12)18-21-22-19(27)23(18)20-11-14-6-9-16(26-13(2)24)17(10-14)25-3/h4-11H,1-3H3,(H,22,27). The quantitative estimate of drug-likeness (QED) is 0.315. The average Bonchev–Trinajstić information content (AvgIpc) is 3.01. The zero-order chi connectivity index (χ0) is 19.4. The molecule has 7 nitrogen and oxygen atoms in total. The molecule has 0 aliphatic carbocycles. The maximum atomic E-state index is 11.1. The summed E-state index contributed by atoms with van der Waals surface area (Å²) in [6.45, 7) is 3.36. The fraction of sp³-hybridized carbons (Fsp3) is 0.158. The van der Waals surface area contributed by atoms with Crippen molar-refractivity contribution in [2.75, 3.05) is 7.11 Å². The van der Waals surface area contributed by atoms with E-state index in [1.54, 1.807) is 29.1 Å². The molecule has 27 heavy (non-hydrogen) atoms. The van der Waals surface area contributed by atoms with Gasteiger partial charge in [0, 0.05) is 12.5 Å². The zero-order valence-corrected chi connectivity index (χ0v) is 15.9.